The number of likely N-dealkylation sites (tertiary alicyclic amines) is 1. The van der Waals surface area contributed by atoms with E-state index in [1.165, 1.54) is 4.90 Å². The molecular formula is C21H30N2O3S. The van der Waals surface area contributed by atoms with Gasteiger partial charge in [0.05, 0.1) is 19.6 Å². The summed E-state index contributed by atoms with van der Waals surface area (Å²) >= 11 is 1.71. The predicted octanol–water partition coefficient (Wildman–Crippen LogP) is 2.83. The standard InChI is InChI=1S/C21H30N2O3S/c1-27-19-7-4-17(5-8-19)15-21(25)23-10-2-3-18(16-23)6-9-20(24)22-11-13-26-14-12-22/h4-5,7-8,18H,2-3,6,9-16H2,1H3. The summed E-state index contributed by atoms with van der Waals surface area (Å²) in [5.74, 6) is 0.873. The van der Waals surface area contributed by atoms with E-state index in [9.17, 15) is 9.59 Å². The van der Waals surface area contributed by atoms with Crippen molar-refractivity contribution in [3.8, 4) is 0 Å². The Hall–Kier alpha value is -1.53. The first-order valence-corrected chi connectivity index (χ1v) is 11.1. The van der Waals surface area contributed by atoms with Crippen LogP contribution in [-0.2, 0) is 20.7 Å². The van der Waals surface area contributed by atoms with E-state index in [1.54, 1.807) is 11.8 Å². The first-order chi connectivity index (χ1) is 13.2. The Labute approximate surface area is 166 Å². The van der Waals surface area contributed by atoms with Gasteiger partial charge in [0.25, 0.3) is 0 Å². The lowest BCUT2D eigenvalue weighted by Gasteiger charge is -2.33. The Kier molecular flexibility index (Phi) is 7.59. The molecular weight excluding hydrogens is 360 g/mol. The molecule has 0 bridgehead atoms. The van der Waals surface area contributed by atoms with Crippen LogP contribution in [0.1, 0.15) is 31.2 Å². The molecule has 2 aliphatic heterocycles. The maximum Gasteiger partial charge on any atom is 0.226 e. The van der Waals surface area contributed by atoms with Crippen LogP contribution >= 0.6 is 11.8 Å². The summed E-state index contributed by atoms with van der Waals surface area (Å²) < 4.78 is 5.31. The van der Waals surface area contributed by atoms with Crippen LogP contribution in [0.15, 0.2) is 29.2 Å². The first kappa shape index (κ1) is 20.2. The highest BCUT2D eigenvalue weighted by Crippen LogP contribution is 2.23. The number of rotatable bonds is 6. The molecule has 0 saturated carbocycles. The minimum Gasteiger partial charge on any atom is -0.378 e. The molecule has 1 unspecified atom stereocenters. The lowest BCUT2D eigenvalue weighted by Crippen LogP contribution is -2.42. The number of hydrogen-bond acceptors (Lipinski definition) is 4. The highest BCUT2D eigenvalue weighted by atomic mass is 32.2. The maximum absolute atomic E-state index is 12.7. The topological polar surface area (TPSA) is 49.9 Å². The van der Waals surface area contributed by atoms with E-state index >= 15 is 0 Å². The van der Waals surface area contributed by atoms with Crippen LogP contribution in [0.5, 0.6) is 0 Å². The van der Waals surface area contributed by atoms with Crippen molar-refractivity contribution in [3.05, 3.63) is 29.8 Å². The second-order valence-corrected chi connectivity index (χ2v) is 8.28. The number of nitrogens with zero attached hydrogens (tertiary/aromatic N) is 2. The van der Waals surface area contributed by atoms with Crippen LogP contribution in [-0.4, -0.2) is 67.3 Å². The van der Waals surface area contributed by atoms with Gasteiger partial charge in [-0.15, -0.1) is 11.8 Å². The number of ether oxygens (including phenoxy) is 1. The van der Waals surface area contributed by atoms with Crippen LogP contribution in [0, 0.1) is 5.92 Å². The number of carbonyl (C=O) groups excluding carboxylic acids is 2. The first-order valence-electron chi connectivity index (χ1n) is 9.92. The van der Waals surface area contributed by atoms with Crippen LogP contribution in [0.3, 0.4) is 0 Å². The van der Waals surface area contributed by atoms with Gasteiger partial charge in [0.15, 0.2) is 0 Å². The minimum atomic E-state index is 0.205. The smallest absolute Gasteiger partial charge is 0.226 e. The Morgan fingerprint density at radius 1 is 1.07 bits per heavy atom. The summed E-state index contributed by atoms with van der Waals surface area (Å²) in [5, 5.41) is 0. The van der Waals surface area contributed by atoms with E-state index in [1.807, 2.05) is 21.9 Å². The molecule has 1 atom stereocenters. The van der Waals surface area contributed by atoms with Gasteiger partial charge in [-0.25, -0.2) is 0 Å². The number of hydrogen-bond donors (Lipinski definition) is 0. The van der Waals surface area contributed by atoms with E-state index in [0.29, 0.717) is 45.1 Å². The third-order valence-corrected chi connectivity index (χ3v) is 6.26. The van der Waals surface area contributed by atoms with Crippen LogP contribution in [0.25, 0.3) is 0 Å². The highest BCUT2D eigenvalue weighted by molar-refractivity contribution is 7.98. The van der Waals surface area contributed by atoms with Gasteiger partial charge < -0.3 is 14.5 Å². The van der Waals surface area contributed by atoms with Crippen molar-refractivity contribution >= 4 is 23.6 Å². The molecule has 148 valence electrons. The van der Waals surface area contributed by atoms with E-state index in [0.717, 1.165) is 37.9 Å². The van der Waals surface area contributed by atoms with Gasteiger partial charge in [-0.05, 0) is 49.1 Å². The molecule has 2 heterocycles. The molecule has 2 fully saturated rings. The zero-order valence-corrected chi connectivity index (χ0v) is 17.0. The average molecular weight is 391 g/mol. The summed E-state index contributed by atoms with van der Waals surface area (Å²) in [4.78, 5) is 30.1. The fraction of sp³-hybridized carbons (Fsp3) is 0.619. The quantitative estimate of drug-likeness (QED) is 0.701. The van der Waals surface area contributed by atoms with Crippen molar-refractivity contribution in [1.82, 2.24) is 9.80 Å². The predicted molar refractivity (Wildman–Crippen MR) is 108 cm³/mol. The van der Waals surface area contributed by atoms with Gasteiger partial charge in [0.1, 0.15) is 0 Å². The van der Waals surface area contributed by atoms with E-state index in [4.69, 9.17) is 4.74 Å². The molecule has 2 amide bonds. The number of carbonyl (C=O) groups is 2. The number of morpholine rings is 1. The second-order valence-electron chi connectivity index (χ2n) is 7.40. The van der Waals surface area contributed by atoms with Gasteiger partial charge in [-0.1, -0.05) is 12.1 Å². The largest absolute Gasteiger partial charge is 0.378 e. The minimum absolute atomic E-state index is 0.205. The average Bonchev–Trinajstić information content (AvgIpc) is 2.73. The molecule has 2 aliphatic rings. The Morgan fingerprint density at radius 2 is 1.81 bits per heavy atom. The normalized spacial score (nSPS) is 20.6. The van der Waals surface area contributed by atoms with Crippen molar-refractivity contribution in [2.45, 2.75) is 37.0 Å². The number of thioether (sulfide) groups is 1. The molecule has 6 heteroatoms. The van der Waals surface area contributed by atoms with Gasteiger partial charge >= 0.3 is 0 Å². The molecule has 27 heavy (non-hydrogen) atoms. The molecule has 5 nitrogen and oxygen atoms in total. The van der Waals surface area contributed by atoms with Crippen molar-refractivity contribution < 1.29 is 14.3 Å². The molecule has 0 aliphatic carbocycles. The maximum atomic E-state index is 12.7. The molecule has 1 aromatic rings. The monoisotopic (exact) mass is 390 g/mol. The Morgan fingerprint density at radius 3 is 2.52 bits per heavy atom. The lowest BCUT2D eigenvalue weighted by molar-refractivity contribution is -0.135. The molecule has 2 saturated heterocycles. The van der Waals surface area contributed by atoms with Gasteiger partial charge in [-0.3, -0.25) is 9.59 Å². The SMILES string of the molecule is CSc1ccc(CC(=O)N2CCCC(CCC(=O)N3CCOCC3)C2)cc1. The molecule has 0 radical (unpaired) electrons. The van der Waals surface area contributed by atoms with Crippen LogP contribution < -0.4 is 0 Å². The van der Waals surface area contributed by atoms with Crippen molar-refractivity contribution in [1.29, 1.82) is 0 Å². The number of benzene rings is 1. The molecule has 1 aromatic carbocycles. The van der Waals surface area contributed by atoms with Gasteiger partial charge in [0.2, 0.25) is 11.8 Å². The number of amides is 2. The molecule has 0 N–H and O–H groups in total. The summed E-state index contributed by atoms with van der Waals surface area (Å²) in [5.41, 5.74) is 1.07. The number of piperidine rings is 1. The molecule has 3 rings (SSSR count). The zero-order valence-electron chi connectivity index (χ0n) is 16.2. The summed E-state index contributed by atoms with van der Waals surface area (Å²) in [7, 11) is 0. The van der Waals surface area contributed by atoms with E-state index in [2.05, 4.69) is 18.4 Å². The Balaban J connectivity index is 1.45. The van der Waals surface area contributed by atoms with Crippen molar-refractivity contribution in [2.75, 3.05) is 45.6 Å². The van der Waals surface area contributed by atoms with Crippen molar-refractivity contribution in [3.63, 3.8) is 0 Å². The highest BCUT2D eigenvalue weighted by Gasteiger charge is 2.25. The fourth-order valence-corrected chi connectivity index (χ4v) is 4.26. The summed E-state index contributed by atoms with van der Waals surface area (Å²) in [6.07, 6.45) is 6.13. The van der Waals surface area contributed by atoms with Crippen LogP contribution in [0.2, 0.25) is 0 Å². The summed E-state index contributed by atoms with van der Waals surface area (Å²) in [6.45, 7) is 4.35. The molecule has 0 aromatic heterocycles. The van der Waals surface area contributed by atoms with Gasteiger partial charge in [0, 0.05) is 37.5 Å². The van der Waals surface area contributed by atoms with Gasteiger partial charge in [-0.2, -0.15) is 0 Å². The zero-order chi connectivity index (χ0) is 19.1. The lowest BCUT2D eigenvalue weighted by atomic mass is 9.92. The molecule has 0 spiro atoms. The summed E-state index contributed by atoms with van der Waals surface area (Å²) in [6, 6.07) is 8.24. The third kappa shape index (κ3) is 5.98. The van der Waals surface area contributed by atoms with E-state index < -0.39 is 0 Å². The third-order valence-electron chi connectivity index (χ3n) is 5.52. The fourth-order valence-electron chi connectivity index (χ4n) is 3.86. The van der Waals surface area contributed by atoms with E-state index in [-0.39, 0.29) is 11.8 Å². The van der Waals surface area contributed by atoms with Crippen LogP contribution in [0.4, 0.5) is 0 Å². The second kappa shape index (κ2) is 10.1. The van der Waals surface area contributed by atoms with Crippen molar-refractivity contribution in [2.24, 2.45) is 5.92 Å². The Bertz CT molecular complexity index is 629.